The van der Waals surface area contributed by atoms with E-state index >= 15 is 0 Å². The normalized spacial score (nSPS) is 19.6. The summed E-state index contributed by atoms with van der Waals surface area (Å²) < 4.78 is 20.8. The molecule has 5 rings (SSSR count). The number of hydrogen-bond acceptors (Lipinski definition) is 4. The molecule has 0 spiro atoms. The van der Waals surface area contributed by atoms with Crippen LogP contribution in [0.1, 0.15) is 35.4 Å². The van der Waals surface area contributed by atoms with Gasteiger partial charge < -0.3 is 9.64 Å². The van der Waals surface area contributed by atoms with E-state index in [9.17, 15) is 4.39 Å². The molecule has 0 amide bonds. The zero-order chi connectivity index (χ0) is 20.8. The van der Waals surface area contributed by atoms with Crippen molar-refractivity contribution >= 4 is 27.3 Å². The summed E-state index contributed by atoms with van der Waals surface area (Å²) in [6.07, 6.45) is 0.419. The highest BCUT2D eigenvalue weighted by atomic mass is 79.9. The van der Waals surface area contributed by atoms with E-state index in [4.69, 9.17) is 9.84 Å². The van der Waals surface area contributed by atoms with Crippen LogP contribution in [0.2, 0.25) is 0 Å². The minimum absolute atomic E-state index is 0.0600. The molecule has 0 unspecified atom stereocenters. The van der Waals surface area contributed by atoms with Crippen molar-refractivity contribution in [2.45, 2.75) is 18.7 Å². The first kappa shape index (κ1) is 19.1. The Morgan fingerprint density at radius 1 is 1.03 bits per heavy atom. The predicted molar refractivity (Wildman–Crippen MR) is 120 cm³/mol. The van der Waals surface area contributed by atoms with Crippen molar-refractivity contribution in [3.8, 4) is 5.75 Å². The lowest BCUT2D eigenvalue weighted by atomic mass is 9.96. The number of nitrogens with zero attached hydrogens (tertiary/aromatic N) is 3. The quantitative estimate of drug-likeness (QED) is 0.482. The Balaban J connectivity index is 1.57. The summed E-state index contributed by atoms with van der Waals surface area (Å²) in [5.74, 6) is 0.628. The van der Waals surface area contributed by atoms with E-state index in [0.717, 1.165) is 44.7 Å². The zero-order valence-electron chi connectivity index (χ0n) is 16.7. The van der Waals surface area contributed by atoms with Crippen molar-refractivity contribution in [1.82, 2.24) is 5.01 Å². The van der Waals surface area contributed by atoms with Crippen LogP contribution in [-0.4, -0.2) is 24.8 Å². The van der Waals surface area contributed by atoms with Crippen LogP contribution in [0.5, 0.6) is 5.75 Å². The van der Waals surface area contributed by atoms with Crippen molar-refractivity contribution in [3.63, 3.8) is 0 Å². The van der Waals surface area contributed by atoms with Gasteiger partial charge in [-0.2, -0.15) is 5.10 Å². The Bertz CT molecular complexity index is 1110. The maximum absolute atomic E-state index is 13.4. The molecule has 0 aromatic heterocycles. The number of hydrogen-bond donors (Lipinski definition) is 0. The van der Waals surface area contributed by atoms with Gasteiger partial charge in [-0.25, -0.2) is 9.40 Å². The Kier molecular flexibility index (Phi) is 4.74. The first-order chi connectivity index (χ1) is 14.5. The van der Waals surface area contributed by atoms with Gasteiger partial charge in [0.15, 0.2) is 0 Å². The number of benzene rings is 3. The summed E-state index contributed by atoms with van der Waals surface area (Å²) in [5.41, 5.74) is 5.15. The molecule has 2 heterocycles. The average molecular weight is 466 g/mol. The molecule has 0 saturated heterocycles. The molecule has 6 heteroatoms. The predicted octanol–water partition coefficient (Wildman–Crippen LogP) is 5.90. The van der Waals surface area contributed by atoms with E-state index in [1.54, 1.807) is 12.1 Å². The molecular formula is C24H21BrFN3O. The van der Waals surface area contributed by atoms with Gasteiger partial charge >= 0.3 is 0 Å². The minimum atomic E-state index is -0.321. The summed E-state index contributed by atoms with van der Waals surface area (Å²) in [5, 5.41) is 6.97. The van der Waals surface area contributed by atoms with Gasteiger partial charge in [-0.15, -0.1) is 0 Å². The molecule has 0 aliphatic carbocycles. The Morgan fingerprint density at radius 2 is 1.77 bits per heavy atom. The lowest BCUT2D eigenvalue weighted by molar-refractivity contribution is -0.0190. The Hall–Kier alpha value is -2.86. The first-order valence-electron chi connectivity index (χ1n) is 9.85. The average Bonchev–Trinajstić information content (AvgIpc) is 3.19. The molecule has 0 radical (unpaired) electrons. The van der Waals surface area contributed by atoms with Crippen molar-refractivity contribution in [1.29, 1.82) is 0 Å². The van der Waals surface area contributed by atoms with Crippen LogP contribution in [0.4, 0.5) is 10.1 Å². The fourth-order valence-corrected chi connectivity index (χ4v) is 4.41. The van der Waals surface area contributed by atoms with Crippen molar-refractivity contribution < 1.29 is 9.13 Å². The van der Waals surface area contributed by atoms with Crippen LogP contribution in [0, 0.1) is 5.82 Å². The topological polar surface area (TPSA) is 28.1 Å². The van der Waals surface area contributed by atoms with Gasteiger partial charge in [0, 0.05) is 41.8 Å². The maximum atomic E-state index is 13.4. The van der Waals surface area contributed by atoms with Crippen molar-refractivity contribution in [2.24, 2.45) is 5.10 Å². The van der Waals surface area contributed by atoms with Gasteiger partial charge in [0.25, 0.3) is 0 Å². The standard InChI is InChI=1S/C24H21BrFN3O/c1-28(2)19-10-5-16(6-11-19)24-29-22(20-13-17(25)7-12-23(20)30-24)14-21(27-29)15-3-8-18(26)9-4-15/h3-13,22,24H,14H2,1-2H3/t22-,24-/m1/s1. The highest BCUT2D eigenvalue weighted by Gasteiger charge is 2.41. The smallest absolute Gasteiger partial charge is 0.213 e. The largest absolute Gasteiger partial charge is 0.464 e. The second-order valence-electron chi connectivity index (χ2n) is 7.79. The number of hydrazone groups is 1. The summed E-state index contributed by atoms with van der Waals surface area (Å²) in [4.78, 5) is 2.07. The molecule has 152 valence electrons. The van der Waals surface area contributed by atoms with Crippen molar-refractivity contribution in [3.05, 3.63) is 93.7 Å². The summed E-state index contributed by atoms with van der Waals surface area (Å²) >= 11 is 3.58. The van der Waals surface area contributed by atoms with E-state index in [1.807, 2.05) is 31.2 Å². The summed E-state index contributed by atoms with van der Waals surface area (Å²) in [7, 11) is 4.05. The van der Waals surface area contributed by atoms with Gasteiger partial charge in [0.2, 0.25) is 6.23 Å². The maximum Gasteiger partial charge on any atom is 0.213 e. The van der Waals surface area contributed by atoms with E-state index < -0.39 is 0 Å². The van der Waals surface area contributed by atoms with Crippen LogP contribution in [0.25, 0.3) is 0 Å². The highest BCUT2D eigenvalue weighted by molar-refractivity contribution is 9.10. The lowest BCUT2D eigenvalue weighted by Gasteiger charge is -2.38. The van der Waals surface area contributed by atoms with Crippen LogP contribution in [-0.2, 0) is 0 Å². The molecule has 2 aliphatic heterocycles. The fraction of sp³-hybridized carbons (Fsp3) is 0.208. The SMILES string of the molecule is CN(C)c1ccc([C@H]2Oc3ccc(Br)cc3[C@H]3CC(c4ccc(F)cc4)=NN32)cc1. The molecule has 2 atom stereocenters. The van der Waals surface area contributed by atoms with Crippen LogP contribution < -0.4 is 9.64 Å². The molecule has 4 nitrogen and oxygen atoms in total. The second kappa shape index (κ2) is 7.43. The monoisotopic (exact) mass is 465 g/mol. The van der Waals surface area contributed by atoms with E-state index in [2.05, 4.69) is 51.2 Å². The van der Waals surface area contributed by atoms with Gasteiger partial charge in [-0.05, 0) is 48.0 Å². The third kappa shape index (κ3) is 3.35. The molecular weight excluding hydrogens is 445 g/mol. The minimum Gasteiger partial charge on any atom is -0.464 e. The molecule has 0 fully saturated rings. The number of anilines is 1. The number of rotatable bonds is 3. The fourth-order valence-electron chi connectivity index (χ4n) is 4.03. The van der Waals surface area contributed by atoms with Crippen LogP contribution in [0.15, 0.2) is 76.3 Å². The number of ether oxygens (including phenoxy) is 1. The van der Waals surface area contributed by atoms with Crippen LogP contribution in [0.3, 0.4) is 0 Å². The molecule has 0 bridgehead atoms. The van der Waals surface area contributed by atoms with Crippen molar-refractivity contribution in [2.75, 3.05) is 19.0 Å². The second-order valence-corrected chi connectivity index (χ2v) is 8.71. The lowest BCUT2D eigenvalue weighted by Crippen LogP contribution is -2.33. The van der Waals surface area contributed by atoms with Gasteiger partial charge in [-0.3, -0.25) is 0 Å². The summed E-state index contributed by atoms with van der Waals surface area (Å²) in [6.45, 7) is 0. The van der Waals surface area contributed by atoms with Gasteiger partial charge in [-0.1, -0.05) is 40.2 Å². The molecule has 0 saturated carbocycles. The molecule has 2 aliphatic rings. The highest BCUT2D eigenvalue weighted by Crippen LogP contribution is 2.48. The Labute approximate surface area is 183 Å². The van der Waals surface area contributed by atoms with Crippen LogP contribution >= 0.6 is 15.9 Å². The van der Waals surface area contributed by atoms with Gasteiger partial charge in [0.05, 0.1) is 11.8 Å². The molecule has 3 aromatic carbocycles. The third-order valence-corrected chi connectivity index (χ3v) is 6.12. The third-order valence-electron chi connectivity index (χ3n) is 5.62. The first-order valence-corrected chi connectivity index (χ1v) is 10.6. The summed E-state index contributed by atoms with van der Waals surface area (Å²) in [6, 6.07) is 21.1. The van der Waals surface area contributed by atoms with E-state index in [-0.39, 0.29) is 18.1 Å². The zero-order valence-corrected chi connectivity index (χ0v) is 18.3. The van der Waals surface area contributed by atoms with E-state index in [1.165, 1.54) is 12.1 Å². The number of halogens is 2. The van der Waals surface area contributed by atoms with E-state index in [0.29, 0.717) is 0 Å². The Morgan fingerprint density at radius 3 is 2.47 bits per heavy atom. The number of fused-ring (bicyclic) bond motifs is 3. The molecule has 0 N–H and O–H groups in total. The molecule has 3 aromatic rings. The van der Waals surface area contributed by atoms with Gasteiger partial charge in [0.1, 0.15) is 11.6 Å². The molecule has 30 heavy (non-hydrogen) atoms.